The average molecular weight is 955 g/mol. The molecule has 1 aromatic heterocycles. The van der Waals surface area contributed by atoms with E-state index in [9.17, 15) is 0 Å². The van der Waals surface area contributed by atoms with Gasteiger partial charge >= 0.3 is 0 Å². The molecule has 1 radical (unpaired) electrons. The Morgan fingerprint density at radius 3 is 1.59 bits per heavy atom. The van der Waals surface area contributed by atoms with E-state index in [1.54, 1.807) is 0 Å². The molecule has 58 heavy (non-hydrogen) atoms. The molecule has 0 bridgehead atoms. The van der Waals surface area contributed by atoms with E-state index in [1.807, 2.05) is 0 Å². The summed E-state index contributed by atoms with van der Waals surface area (Å²) in [4.78, 5) is 0. The van der Waals surface area contributed by atoms with Crippen molar-refractivity contribution in [2.45, 2.75) is 147 Å². The van der Waals surface area contributed by atoms with Crippen LogP contribution in [0.25, 0.3) is 49.5 Å². The van der Waals surface area contributed by atoms with Gasteiger partial charge in [-0.15, -0.1) is 19.6 Å². The zero-order valence-electron chi connectivity index (χ0n) is 35.2. The third-order valence-corrected chi connectivity index (χ3v) is 14.1. The fraction of sp³-hybridized carbons (Fsp3) is 0.566. The number of allylic oxidation sites excluding steroid dienone is 1. The molecule has 0 amide bonds. The Hall–Kier alpha value is -2.27. The van der Waals surface area contributed by atoms with Gasteiger partial charge in [0.25, 0.3) is 0 Å². The van der Waals surface area contributed by atoms with Crippen LogP contribution in [0.4, 0.5) is 0 Å². The Morgan fingerprint density at radius 1 is 0.500 bits per heavy atom. The summed E-state index contributed by atoms with van der Waals surface area (Å²) in [7, 11) is 0. The van der Waals surface area contributed by atoms with Crippen molar-refractivity contribution in [3.05, 3.63) is 120 Å². The van der Waals surface area contributed by atoms with E-state index in [-0.39, 0.29) is 20.1 Å². The minimum atomic E-state index is 0. The molecule has 3 aliphatic heterocycles. The van der Waals surface area contributed by atoms with Gasteiger partial charge in [0.15, 0.2) is 0 Å². The number of hydrogen-bond acceptors (Lipinski definition) is 0. The van der Waals surface area contributed by atoms with Crippen molar-refractivity contribution in [3.63, 3.8) is 0 Å². The summed E-state index contributed by atoms with van der Waals surface area (Å²) in [5.41, 5.74) is 5.04. The van der Waals surface area contributed by atoms with Crippen LogP contribution in [0.15, 0.2) is 78.9 Å². The van der Waals surface area contributed by atoms with Gasteiger partial charge in [-0.05, 0) is 35.9 Å². The van der Waals surface area contributed by atoms with E-state index in [2.05, 4.69) is 109 Å². The van der Waals surface area contributed by atoms with Crippen molar-refractivity contribution < 1.29 is 20.1 Å². The summed E-state index contributed by atoms with van der Waals surface area (Å²) in [5, 5.41) is 17.0. The quantitative estimate of drug-likeness (QED) is 0.173. The molecular weight excluding hydrogens is 885 g/mol. The summed E-state index contributed by atoms with van der Waals surface area (Å²) in [6, 6.07) is 28.4. The van der Waals surface area contributed by atoms with Crippen molar-refractivity contribution in [1.29, 1.82) is 0 Å². The molecule has 5 heteroatoms. The standard InChI is InChI=1S/C31H32N2.2C11H19N.Ir/c1-2-8-26(9-3-1)33-30-12-5-4-10-27(30)28-22-24(17-20-31(28)33)14-13-23-15-18-25(19-16-23)29-11-6-7-21-32-29;2*1-2-6-10(7-3-1)11-8-4-5-9-12-11;/h1-5,8-10,12-14,17-18,20,22-23,25,29H,6-7,11,15-16,19,21H2;2*6,10-11H,1-5,7-9H2;/q3*-2;/b14-13+;;;. The van der Waals surface area contributed by atoms with Crippen LogP contribution in [-0.2, 0) is 20.1 Å². The van der Waals surface area contributed by atoms with Crippen LogP contribution < -0.4 is 0 Å². The summed E-state index contributed by atoms with van der Waals surface area (Å²) in [6.07, 6.45) is 39.6. The first kappa shape index (κ1) is 43.8. The van der Waals surface area contributed by atoms with Crippen molar-refractivity contribution >= 4 is 27.9 Å². The second-order valence-electron chi connectivity index (χ2n) is 18.1. The van der Waals surface area contributed by atoms with Crippen LogP contribution in [-0.4, -0.2) is 42.3 Å². The molecule has 3 aliphatic carbocycles. The topological polar surface area (TPSA) is 47.2 Å². The van der Waals surface area contributed by atoms with Gasteiger partial charge in [-0.3, -0.25) is 0 Å². The van der Waals surface area contributed by atoms with Crippen LogP contribution in [0, 0.1) is 42.9 Å². The molecule has 7 atom stereocenters. The van der Waals surface area contributed by atoms with Crippen LogP contribution in [0.3, 0.4) is 0 Å². The molecule has 3 saturated heterocycles. The average Bonchev–Trinajstić information content (AvgIpc) is 3.64. The van der Waals surface area contributed by atoms with Crippen molar-refractivity contribution in [2.24, 2.45) is 23.7 Å². The van der Waals surface area contributed by atoms with E-state index in [0.717, 1.165) is 37.4 Å². The molecule has 10 rings (SSSR count). The van der Waals surface area contributed by atoms with Crippen molar-refractivity contribution in [2.75, 3.05) is 19.6 Å². The van der Waals surface area contributed by atoms with Gasteiger partial charge in [-0.2, -0.15) is 55.1 Å². The van der Waals surface area contributed by atoms with E-state index < -0.39 is 0 Å². The number of benzene rings is 3. The minimum Gasteiger partial charge on any atom is -0.661 e. The summed E-state index contributed by atoms with van der Waals surface area (Å²) in [5.74, 6) is 3.07. The zero-order chi connectivity index (χ0) is 38.5. The minimum absolute atomic E-state index is 0. The molecular formula is C53H70IrN4-6. The number of nitrogens with zero attached hydrogens (tertiary/aromatic N) is 4. The smallest absolute Gasteiger partial charge is 0.0541 e. The van der Waals surface area contributed by atoms with Crippen LogP contribution in [0.1, 0.15) is 134 Å². The van der Waals surface area contributed by atoms with Crippen molar-refractivity contribution in [3.8, 4) is 5.69 Å². The molecule has 0 N–H and O–H groups in total. The first-order chi connectivity index (χ1) is 28.3. The number of para-hydroxylation sites is 2. The molecule has 7 unspecified atom stereocenters. The molecule has 4 nitrogen and oxygen atoms in total. The van der Waals surface area contributed by atoms with Gasteiger partial charge < -0.3 is 39.8 Å². The molecule has 6 fully saturated rings. The molecule has 3 saturated carbocycles. The summed E-state index contributed by atoms with van der Waals surface area (Å²) < 4.78 is 2.38. The van der Waals surface area contributed by atoms with Gasteiger partial charge in [-0.25, -0.2) is 0 Å². The van der Waals surface area contributed by atoms with Crippen LogP contribution in [0.2, 0.25) is 0 Å². The maximum atomic E-state index is 4.90. The molecule has 317 valence electrons. The van der Waals surface area contributed by atoms with E-state index in [1.165, 1.54) is 161 Å². The van der Waals surface area contributed by atoms with Gasteiger partial charge in [0.2, 0.25) is 0 Å². The number of aromatic nitrogens is 1. The Labute approximate surface area is 365 Å². The predicted molar refractivity (Wildman–Crippen MR) is 245 cm³/mol. The molecule has 3 aromatic carbocycles. The van der Waals surface area contributed by atoms with Gasteiger partial charge in [0.05, 0.1) is 11.0 Å². The van der Waals surface area contributed by atoms with Gasteiger partial charge in [0, 0.05) is 36.6 Å². The zero-order valence-corrected chi connectivity index (χ0v) is 37.6. The fourth-order valence-electron chi connectivity index (χ4n) is 10.8. The molecule has 4 aromatic rings. The van der Waals surface area contributed by atoms with Gasteiger partial charge in [-0.1, -0.05) is 170 Å². The Kier molecular flexibility index (Phi) is 17.4. The first-order valence-corrected chi connectivity index (χ1v) is 23.6. The van der Waals surface area contributed by atoms with Crippen molar-refractivity contribution in [1.82, 2.24) is 4.57 Å². The van der Waals surface area contributed by atoms with E-state index >= 15 is 0 Å². The van der Waals surface area contributed by atoms with E-state index in [0.29, 0.717) is 24.0 Å². The predicted octanol–water partition coefficient (Wildman–Crippen LogP) is 15.0. The Balaban J connectivity index is 0.000000167. The maximum absolute atomic E-state index is 4.90. The van der Waals surface area contributed by atoms with Crippen LogP contribution >= 0.6 is 0 Å². The van der Waals surface area contributed by atoms with Crippen LogP contribution in [0.5, 0.6) is 0 Å². The Bertz CT molecular complexity index is 1710. The third-order valence-electron chi connectivity index (χ3n) is 14.1. The Morgan fingerprint density at radius 2 is 1.05 bits per heavy atom. The third kappa shape index (κ3) is 11.8. The summed E-state index contributed by atoms with van der Waals surface area (Å²) in [6.45, 7) is 3.35. The van der Waals surface area contributed by atoms with E-state index in [4.69, 9.17) is 16.0 Å². The normalized spacial score (nSPS) is 29.4. The second kappa shape index (κ2) is 23.1. The first-order valence-electron chi connectivity index (χ1n) is 23.6. The maximum Gasteiger partial charge on any atom is 0.0541 e. The second-order valence-corrected chi connectivity index (χ2v) is 18.1. The molecule has 6 aliphatic rings. The van der Waals surface area contributed by atoms with Gasteiger partial charge in [0.1, 0.15) is 0 Å². The number of hydrogen-bond donors (Lipinski definition) is 0. The number of rotatable bonds is 6. The molecule has 0 spiro atoms. The fourth-order valence-corrected chi connectivity index (χ4v) is 10.8. The molecule has 4 heterocycles. The monoisotopic (exact) mass is 956 g/mol. The number of piperidine rings is 3. The largest absolute Gasteiger partial charge is 0.661 e. The SMILES string of the molecule is C(=C\C1C[CH-]C(C2CCCC[N-]2)CC1)/c1ccc2c(c1)c1ccccc1n2-c1ccccc1.[CH-]1CCCCC1C1CCCC[N-]1.[CH-]1CCCCC1C1CCCC[N-]1.[Ir]. The summed E-state index contributed by atoms with van der Waals surface area (Å²) >= 11 is 0. The number of fused-ring (bicyclic) bond motifs is 3.